The molecule has 0 N–H and O–H groups in total. The summed E-state index contributed by atoms with van der Waals surface area (Å²) in [5.41, 5.74) is 0.861. The van der Waals surface area contributed by atoms with E-state index in [9.17, 15) is 0 Å². The molecule has 0 aromatic carbocycles. The SMILES string of the molecule is C/C=C(/C#N)CC.CC.CC. The smallest absolute Gasteiger partial charge is 0.0943 e. The second-order valence-electron chi connectivity index (χ2n) is 1.28. The summed E-state index contributed by atoms with van der Waals surface area (Å²) in [4.78, 5) is 0. The van der Waals surface area contributed by atoms with Crippen LogP contribution in [0.5, 0.6) is 0 Å². The highest BCUT2D eigenvalue weighted by Gasteiger charge is 1.81. The van der Waals surface area contributed by atoms with Gasteiger partial charge >= 0.3 is 0 Å². The van der Waals surface area contributed by atoms with E-state index in [0.29, 0.717) is 0 Å². The summed E-state index contributed by atoms with van der Waals surface area (Å²) in [5, 5.41) is 8.21. The average Bonchev–Trinajstić information content (AvgIpc) is 2.14. The van der Waals surface area contributed by atoms with Gasteiger partial charge in [0.25, 0.3) is 0 Å². The molecule has 0 unspecified atom stereocenters. The van der Waals surface area contributed by atoms with Crippen molar-refractivity contribution in [2.24, 2.45) is 0 Å². The minimum atomic E-state index is 0.854. The molecule has 0 aliphatic heterocycles. The van der Waals surface area contributed by atoms with Gasteiger partial charge in [0.1, 0.15) is 0 Å². The Bertz CT molecular complexity index is 107. The zero-order valence-electron chi connectivity index (χ0n) is 8.73. The van der Waals surface area contributed by atoms with Gasteiger partial charge in [0.15, 0.2) is 0 Å². The van der Waals surface area contributed by atoms with E-state index >= 15 is 0 Å². The van der Waals surface area contributed by atoms with Gasteiger partial charge in [-0.3, -0.25) is 0 Å². The zero-order valence-corrected chi connectivity index (χ0v) is 8.73. The Hall–Kier alpha value is -0.770. The van der Waals surface area contributed by atoms with E-state index in [-0.39, 0.29) is 0 Å². The summed E-state index contributed by atoms with van der Waals surface area (Å²) < 4.78 is 0. The van der Waals surface area contributed by atoms with Gasteiger partial charge in [-0.15, -0.1) is 0 Å². The van der Waals surface area contributed by atoms with Crippen molar-refractivity contribution in [2.75, 3.05) is 0 Å². The summed E-state index contributed by atoms with van der Waals surface area (Å²) in [6.45, 7) is 11.8. The summed E-state index contributed by atoms with van der Waals surface area (Å²) in [6.07, 6.45) is 2.69. The van der Waals surface area contributed by atoms with Crippen LogP contribution in [-0.2, 0) is 0 Å². The maximum atomic E-state index is 8.21. The first-order chi connectivity index (χ1) is 5.35. The summed E-state index contributed by atoms with van der Waals surface area (Å²) in [7, 11) is 0. The molecular formula is C10H21N. The van der Waals surface area contributed by atoms with Gasteiger partial charge in [0.05, 0.1) is 6.07 Å². The van der Waals surface area contributed by atoms with Crippen molar-refractivity contribution in [3.05, 3.63) is 11.6 Å². The molecule has 0 aliphatic rings. The van der Waals surface area contributed by atoms with Gasteiger partial charge in [0, 0.05) is 5.57 Å². The van der Waals surface area contributed by atoms with Crippen LogP contribution in [0.15, 0.2) is 11.6 Å². The highest BCUT2D eigenvalue weighted by molar-refractivity contribution is 5.18. The molecular weight excluding hydrogens is 134 g/mol. The van der Waals surface area contributed by atoms with Gasteiger partial charge in [-0.1, -0.05) is 40.7 Å². The molecule has 0 amide bonds. The Morgan fingerprint density at radius 2 is 1.64 bits per heavy atom. The Morgan fingerprint density at radius 1 is 1.27 bits per heavy atom. The van der Waals surface area contributed by atoms with Gasteiger partial charge < -0.3 is 0 Å². The molecule has 0 aliphatic carbocycles. The summed E-state index contributed by atoms with van der Waals surface area (Å²) in [5.74, 6) is 0. The zero-order chi connectivity index (χ0) is 9.70. The third kappa shape index (κ3) is 17.6. The minimum absolute atomic E-state index is 0.854. The van der Waals surface area contributed by atoms with Crippen molar-refractivity contribution in [1.29, 1.82) is 5.26 Å². The van der Waals surface area contributed by atoms with E-state index in [4.69, 9.17) is 5.26 Å². The fraction of sp³-hybridized carbons (Fsp3) is 0.700. The molecule has 1 nitrogen and oxygen atoms in total. The van der Waals surface area contributed by atoms with E-state index in [2.05, 4.69) is 6.07 Å². The second-order valence-corrected chi connectivity index (χ2v) is 1.28. The number of rotatable bonds is 1. The molecule has 0 atom stereocenters. The van der Waals surface area contributed by atoms with Gasteiger partial charge in [0.2, 0.25) is 0 Å². The molecule has 0 aromatic heterocycles. The monoisotopic (exact) mass is 155 g/mol. The first kappa shape index (κ1) is 16.7. The van der Waals surface area contributed by atoms with Crippen molar-refractivity contribution in [1.82, 2.24) is 0 Å². The summed E-state index contributed by atoms with van der Waals surface area (Å²) in [6, 6.07) is 2.06. The van der Waals surface area contributed by atoms with Crippen LogP contribution < -0.4 is 0 Å². The van der Waals surface area contributed by atoms with Crippen LogP contribution in [0.2, 0.25) is 0 Å². The molecule has 0 radical (unpaired) electrons. The lowest BCUT2D eigenvalue weighted by Gasteiger charge is -1.81. The van der Waals surface area contributed by atoms with Crippen LogP contribution in [0.1, 0.15) is 48.0 Å². The van der Waals surface area contributed by atoms with Gasteiger partial charge in [-0.05, 0) is 13.3 Å². The molecule has 0 fully saturated rings. The number of hydrogen-bond acceptors (Lipinski definition) is 1. The van der Waals surface area contributed by atoms with E-state index in [1.165, 1.54) is 0 Å². The Morgan fingerprint density at radius 3 is 1.64 bits per heavy atom. The molecule has 0 rings (SSSR count). The van der Waals surface area contributed by atoms with E-state index in [1.54, 1.807) is 0 Å². The Labute approximate surface area is 71.7 Å². The third-order valence-corrected chi connectivity index (χ3v) is 0.873. The molecule has 0 heterocycles. The number of allylic oxidation sites excluding steroid dienone is 2. The average molecular weight is 155 g/mol. The van der Waals surface area contributed by atoms with E-state index in [0.717, 1.165) is 12.0 Å². The number of hydrogen-bond donors (Lipinski definition) is 0. The molecule has 0 aromatic rings. The lowest BCUT2D eigenvalue weighted by Crippen LogP contribution is -1.68. The van der Waals surface area contributed by atoms with Gasteiger partial charge in [-0.25, -0.2) is 0 Å². The Balaban J connectivity index is -0.000000138. The predicted octanol–water partition coefficient (Wildman–Crippen LogP) is 3.92. The van der Waals surface area contributed by atoms with E-state index in [1.807, 2.05) is 47.6 Å². The first-order valence-corrected chi connectivity index (χ1v) is 4.40. The molecule has 66 valence electrons. The van der Waals surface area contributed by atoms with Crippen LogP contribution in [0.25, 0.3) is 0 Å². The van der Waals surface area contributed by atoms with Crippen LogP contribution in [0.3, 0.4) is 0 Å². The molecule has 0 bridgehead atoms. The molecule has 0 spiro atoms. The largest absolute Gasteiger partial charge is 0.193 e. The highest BCUT2D eigenvalue weighted by Crippen LogP contribution is 1.94. The van der Waals surface area contributed by atoms with Crippen molar-refractivity contribution in [3.63, 3.8) is 0 Å². The quantitative estimate of drug-likeness (QED) is 0.526. The van der Waals surface area contributed by atoms with Crippen LogP contribution in [0.4, 0.5) is 0 Å². The predicted molar refractivity (Wildman–Crippen MR) is 52.4 cm³/mol. The standard InChI is InChI=1S/C6H9N.2C2H6/c1-3-6(4-2)5-7;2*1-2/h3H,4H2,1-2H3;2*1-2H3/b6-3+;;. The van der Waals surface area contributed by atoms with Crippen molar-refractivity contribution >= 4 is 0 Å². The maximum Gasteiger partial charge on any atom is 0.0943 e. The third-order valence-electron chi connectivity index (χ3n) is 0.873. The minimum Gasteiger partial charge on any atom is -0.193 e. The number of nitrogens with zero attached hydrogens (tertiary/aromatic N) is 1. The van der Waals surface area contributed by atoms with Crippen molar-refractivity contribution < 1.29 is 0 Å². The first-order valence-electron chi connectivity index (χ1n) is 4.40. The second kappa shape index (κ2) is 22.9. The van der Waals surface area contributed by atoms with Crippen LogP contribution >= 0.6 is 0 Å². The van der Waals surface area contributed by atoms with E-state index < -0.39 is 0 Å². The normalized spacial score (nSPS) is 7.91. The highest BCUT2D eigenvalue weighted by atomic mass is 14.2. The number of nitriles is 1. The lowest BCUT2D eigenvalue weighted by atomic mass is 10.2. The maximum absolute atomic E-state index is 8.21. The van der Waals surface area contributed by atoms with Crippen molar-refractivity contribution in [2.45, 2.75) is 48.0 Å². The fourth-order valence-electron chi connectivity index (χ4n) is 0.348. The summed E-state index contributed by atoms with van der Waals surface area (Å²) >= 11 is 0. The van der Waals surface area contributed by atoms with Crippen LogP contribution in [-0.4, -0.2) is 0 Å². The Kier molecular flexibility index (Phi) is 34.6. The lowest BCUT2D eigenvalue weighted by molar-refractivity contribution is 1.14. The van der Waals surface area contributed by atoms with Crippen LogP contribution in [0, 0.1) is 11.3 Å². The van der Waals surface area contributed by atoms with Gasteiger partial charge in [-0.2, -0.15) is 5.26 Å². The van der Waals surface area contributed by atoms with Crippen molar-refractivity contribution in [3.8, 4) is 6.07 Å². The topological polar surface area (TPSA) is 23.8 Å². The molecule has 11 heavy (non-hydrogen) atoms. The molecule has 0 saturated heterocycles. The fourth-order valence-corrected chi connectivity index (χ4v) is 0.348. The molecule has 0 saturated carbocycles. The molecule has 1 heteroatoms.